The molecule has 3 unspecified atom stereocenters. The van der Waals surface area contributed by atoms with E-state index in [4.69, 9.17) is 20.4 Å². The zero-order valence-corrected chi connectivity index (χ0v) is 10.7. The van der Waals surface area contributed by atoms with Crippen molar-refractivity contribution in [2.24, 2.45) is 16.8 Å². The van der Waals surface area contributed by atoms with Crippen LogP contribution in [0.4, 0.5) is 13.2 Å². The molecule has 1 fully saturated rings. The molecule has 19 heavy (non-hydrogen) atoms. The lowest BCUT2D eigenvalue weighted by Crippen LogP contribution is -2.41. The first-order chi connectivity index (χ1) is 8.88. The zero-order chi connectivity index (χ0) is 14.5. The number of oxime groups is 1. The number of nitrogens with zero attached hydrogens (tertiary/aromatic N) is 1. The van der Waals surface area contributed by atoms with Gasteiger partial charge in [-0.25, -0.2) is 0 Å². The first-order valence-corrected chi connectivity index (χ1v) is 6.07. The predicted octanol–water partition coefficient (Wildman–Crippen LogP) is 1.89. The number of rotatable bonds is 5. The SMILES string of the molecule is COC1CCCC(OCC(C(N)=NO)C(F)(F)F)C1. The molecule has 1 aliphatic carbocycles. The Hall–Kier alpha value is -1.02. The van der Waals surface area contributed by atoms with E-state index in [9.17, 15) is 13.2 Å². The Morgan fingerprint density at radius 2 is 2.05 bits per heavy atom. The second kappa shape index (κ2) is 6.95. The lowest BCUT2D eigenvalue weighted by atomic mass is 9.95. The highest BCUT2D eigenvalue weighted by molar-refractivity contribution is 5.83. The highest BCUT2D eigenvalue weighted by atomic mass is 19.4. The third kappa shape index (κ3) is 4.87. The van der Waals surface area contributed by atoms with Crippen molar-refractivity contribution < 1.29 is 27.9 Å². The maximum atomic E-state index is 12.7. The molecule has 0 amide bonds. The first kappa shape index (κ1) is 16.0. The molecule has 8 heteroatoms. The second-order valence-corrected chi connectivity index (χ2v) is 4.60. The van der Waals surface area contributed by atoms with Crippen molar-refractivity contribution in [2.45, 2.75) is 44.1 Å². The van der Waals surface area contributed by atoms with Gasteiger partial charge in [-0.05, 0) is 25.7 Å². The van der Waals surface area contributed by atoms with Gasteiger partial charge in [0.05, 0.1) is 18.8 Å². The molecule has 0 aromatic carbocycles. The number of hydrogen-bond acceptors (Lipinski definition) is 4. The molecule has 0 aliphatic heterocycles. The highest BCUT2D eigenvalue weighted by Crippen LogP contribution is 2.29. The molecule has 0 saturated heterocycles. The average molecular weight is 284 g/mol. The van der Waals surface area contributed by atoms with Crippen LogP contribution in [0.5, 0.6) is 0 Å². The molecule has 0 heterocycles. The summed E-state index contributed by atoms with van der Waals surface area (Å²) in [5.74, 6) is -2.97. The summed E-state index contributed by atoms with van der Waals surface area (Å²) in [6.07, 6.45) is -1.85. The Bertz CT molecular complexity index is 310. The van der Waals surface area contributed by atoms with E-state index in [1.54, 1.807) is 7.11 Å². The second-order valence-electron chi connectivity index (χ2n) is 4.60. The van der Waals surface area contributed by atoms with E-state index in [0.717, 1.165) is 12.8 Å². The number of halogens is 3. The fourth-order valence-electron chi connectivity index (χ4n) is 2.12. The number of amidine groups is 1. The standard InChI is InChI=1S/C11H19F3N2O3/c1-18-7-3-2-4-8(5-7)19-6-9(10(15)16-17)11(12,13)14/h7-9,17H,2-6H2,1H3,(H2,15,16). The smallest absolute Gasteiger partial charge is 0.401 e. The molecule has 0 radical (unpaired) electrons. The maximum Gasteiger partial charge on any atom is 0.401 e. The van der Waals surface area contributed by atoms with Gasteiger partial charge in [0, 0.05) is 7.11 Å². The largest absolute Gasteiger partial charge is 0.409 e. The van der Waals surface area contributed by atoms with E-state index < -0.39 is 24.5 Å². The molecule has 0 aromatic rings. The molecule has 0 bridgehead atoms. The van der Waals surface area contributed by atoms with Crippen molar-refractivity contribution in [2.75, 3.05) is 13.7 Å². The average Bonchev–Trinajstić information content (AvgIpc) is 2.37. The zero-order valence-electron chi connectivity index (χ0n) is 10.7. The molecular formula is C11H19F3N2O3. The van der Waals surface area contributed by atoms with E-state index in [-0.39, 0.29) is 12.2 Å². The van der Waals surface area contributed by atoms with Crippen molar-refractivity contribution in [1.29, 1.82) is 0 Å². The van der Waals surface area contributed by atoms with Gasteiger partial charge in [-0.1, -0.05) is 5.16 Å². The Labute approximate surface area is 109 Å². The van der Waals surface area contributed by atoms with Crippen molar-refractivity contribution >= 4 is 5.84 Å². The first-order valence-electron chi connectivity index (χ1n) is 6.07. The number of ether oxygens (including phenoxy) is 2. The van der Waals surface area contributed by atoms with E-state index in [2.05, 4.69) is 5.16 Å². The van der Waals surface area contributed by atoms with Gasteiger partial charge in [-0.2, -0.15) is 13.2 Å². The molecule has 1 aliphatic rings. The molecular weight excluding hydrogens is 265 g/mol. The van der Waals surface area contributed by atoms with Gasteiger partial charge in [-0.15, -0.1) is 0 Å². The minimum Gasteiger partial charge on any atom is -0.409 e. The van der Waals surface area contributed by atoms with Gasteiger partial charge < -0.3 is 20.4 Å². The van der Waals surface area contributed by atoms with Crippen molar-refractivity contribution in [3.8, 4) is 0 Å². The van der Waals surface area contributed by atoms with Crippen LogP contribution < -0.4 is 5.73 Å². The molecule has 3 N–H and O–H groups in total. The summed E-state index contributed by atoms with van der Waals surface area (Å²) in [7, 11) is 1.57. The van der Waals surface area contributed by atoms with Crippen LogP contribution in [0.1, 0.15) is 25.7 Å². The lowest BCUT2D eigenvalue weighted by Gasteiger charge is -2.29. The van der Waals surface area contributed by atoms with E-state index in [1.165, 1.54) is 0 Å². The van der Waals surface area contributed by atoms with Crippen molar-refractivity contribution in [3.63, 3.8) is 0 Å². The minimum absolute atomic E-state index is 0.0203. The third-order valence-electron chi connectivity index (χ3n) is 3.28. The Morgan fingerprint density at radius 1 is 1.42 bits per heavy atom. The number of nitrogens with two attached hydrogens (primary N) is 1. The van der Waals surface area contributed by atoms with Crippen LogP contribution in [0.25, 0.3) is 0 Å². The van der Waals surface area contributed by atoms with Gasteiger partial charge in [0.15, 0.2) is 5.84 Å². The van der Waals surface area contributed by atoms with E-state index >= 15 is 0 Å². The summed E-state index contributed by atoms with van der Waals surface area (Å²) in [4.78, 5) is 0. The van der Waals surface area contributed by atoms with Crippen molar-refractivity contribution in [1.82, 2.24) is 0 Å². The normalized spacial score (nSPS) is 27.3. The number of alkyl halides is 3. The summed E-state index contributed by atoms with van der Waals surface area (Å²) >= 11 is 0. The lowest BCUT2D eigenvalue weighted by molar-refractivity contribution is -0.175. The van der Waals surface area contributed by atoms with Crippen LogP contribution in [0.15, 0.2) is 5.16 Å². The fourth-order valence-corrected chi connectivity index (χ4v) is 2.12. The van der Waals surface area contributed by atoms with E-state index in [0.29, 0.717) is 12.8 Å². The van der Waals surface area contributed by atoms with Gasteiger partial charge in [-0.3, -0.25) is 0 Å². The Kier molecular flexibility index (Phi) is 5.86. The summed E-state index contributed by atoms with van der Waals surface area (Å²) < 4.78 is 48.5. The summed E-state index contributed by atoms with van der Waals surface area (Å²) in [5, 5.41) is 10.8. The Morgan fingerprint density at radius 3 is 2.58 bits per heavy atom. The number of methoxy groups -OCH3 is 1. The minimum atomic E-state index is -4.59. The van der Waals surface area contributed by atoms with Crippen LogP contribution in [-0.2, 0) is 9.47 Å². The van der Waals surface area contributed by atoms with Gasteiger partial charge in [0.1, 0.15) is 5.92 Å². The van der Waals surface area contributed by atoms with Crippen LogP contribution in [0.2, 0.25) is 0 Å². The molecule has 1 saturated carbocycles. The van der Waals surface area contributed by atoms with Crippen LogP contribution in [0.3, 0.4) is 0 Å². The van der Waals surface area contributed by atoms with Crippen LogP contribution in [0, 0.1) is 5.92 Å². The summed E-state index contributed by atoms with van der Waals surface area (Å²) in [6.45, 7) is -0.638. The maximum absolute atomic E-state index is 12.7. The van der Waals surface area contributed by atoms with Crippen LogP contribution in [-0.4, -0.2) is 43.1 Å². The molecule has 0 aromatic heterocycles. The molecule has 0 spiro atoms. The summed E-state index contributed by atoms with van der Waals surface area (Å²) in [5.41, 5.74) is 5.05. The van der Waals surface area contributed by atoms with Crippen LogP contribution >= 0.6 is 0 Å². The third-order valence-corrected chi connectivity index (χ3v) is 3.28. The van der Waals surface area contributed by atoms with E-state index in [1.807, 2.05) is 0 Å². The fraction of sp³-hybridized carbons (Fsp3) is 0.909. The van der Waals surface area contributed by atoms with Crippen molar-refractivity contribution in [3.05, 3.63) is 0 Å². The monoisotopic (exact) mass is 284 g/mol. The molecule has 112 valence electrons. The predicted molar refractivity (Wildman–Crippen MR) is 62.0 cm³/mol. The molecule has 1 rings (SSSR count). The van der Waals surface area contributed by atoms with Gasteiger partial charge in [0.2, 0.25) is 0 Å². The number of hydrogen-bond donors (Lipinski definition) is 2. The van der Waals surface area contributed by atoms with Gasteiger partial charge in [0.25, 0.3) is 0 Å². The Balaban J connectivity index is 2.52. The summed E-state index contributed by atoms with van der Waals surface area (Å²) in [6, 6.07) is 0. The molecule has 3 atom stereocenters. The quantitative estimate of drug-likeness (QED) is 0.350. The topological polar surface area (TPSA) is 77.1 Å². The van der Waals surface area contributed by atoms with Gasteiger partial charge >= 0.3 is 6.18 Å². The molecule has 5 nitrogen and oxygen atoms in total. The highest BCUT2D eigenvalue weighted by Gasteiger charge is 2.43.